The van der Waals surface area contributed by atoms with E-state index in [0.29, 0.717) is 0 Å². The topological polar surface area (TPSA) is 30.3 Å². The Kier molecular flexibility index (Phi) is 4.20. The SMILES string of the molecule is CCC(C#N)N1CCN(CCC2CC2)CC1. The van der Waals surface area contributed by atoms with Crippen molar-refractivity contribution in [3.8, 4) is 6.07 Å². The number of hydrogen-bond acceptors (Lipinski definition) is 3. The number of piperazine rings is 1. The quantitative estimate of drug-likeness (QED) is 0.708. The van der Waals surface area contributed by atoms with Gasteiger partial charge in [0, 0.05) is 26.2 Å². The minimum absolute atomic E-state index is 0.144. The van der Waals surface area contributed by atoms with Crippen molar-refractivity contribution >= 4 is 0 Å². The fraction of sp³-hybridized carbons (Fsp3) is 0.923. The van der Waals surface area contributed by atoms with E-state index in [0.717, 1.165) is 38.5 Å². The molecular weight excluding hydrogens is 198 g/mol. The molecule has 3 heteroatoms. The zero-order valence-electron chi connectivity index (χ0n) is 10.4. The molecule has 0 aromatic carbocycles. The first-order valence-corrected chi connectivity index (χ1v) is 6.69. The fourth-order valence-corrected chi connectivity index (χ4v) is 2.50. The van der Waals surface area contributed by atoms with Crippen molar-refractivity contribution in [1.29, 1.82) is 5.26 Å². The first kappa shape index (κ1) is 11.9. The van der Waals surface area contributed by atoms with Crippen LogP contribution in [-0.4, -0.2) is 48.6 Å². The third-order valence-corrected chi connectivity index (χ3v) is 3.93. The minimum Gasteiger partial charge on any atom is -0.301 e. The molecule has 3 nitrogen and oxygen atoms in total. The summed E-state index contributed by atoms with van der Waals surface area (Å²) in [6, 6.07) is 2.55. The van der Waals surface area contributed by atoms with Crippen molar-refractivity contribution in [3.05, 3.63) is 0 Å². The van der Waals surface area contributed by atoms with Crippen LogP contribution in [0.2, 0.25) is 0 Å². The Balaban J connectivity index is 1.67. The van der Waals surface area contributed by atoms with Gasteiger partial charge in [-0.2, -0.15) is 5.26 Å². The van der Waals surface area contributed by atoms with Crippen molar-refractivity contribution in [2.45, 2.75) is 38.6 Å². The predicted molar refractivity (Wildman–Crippen MR) is 65.0 cm³/mol. The second-order valence-corrected chi connectivity index (χ2v) is 5.16. The van der Waals surface area contributed by atoms with Crippen LogP contribution in [0.5, 0.6) is 0 Å². The lowest BCUT2D eigenvalue weighted by atomic mass is 10.1. The van der Waals surface area contributed by atoms with Gasteiger partial charge in [-0.25, -0.2) is 0 Å². The second-order valence-electron chi connectivity index (χ2n) is 5.16. The zero-order chi connectivity index (χ0) is 11.4. The number of rotatable bonds is 5. The molecule has 2 rings (SSSR count). The van der Waals surface area contributed by atoms with E-state index in [1.807, 2.05) is 0 Å². The summed E-state index contributed by atoms with van der Waals surface area (Å²) in [5, 5.41) is 9.02. The van der Waals surface area contributed by atoms with Crippen molar-refractivity contribution in [3.63, 3.8) is 0 Å². The Morgan fingerprint density at radius 1 is 1.25 bits per heavy atom. The number of nitriles is 1. The molecule has 0 amide bonds. The molecule has 16 heavy (non-hydrogen) atoms. The van der Waals surface area contributed by atoms with Crippen LogP contribution < -0.4 is 0 Å². The highest BCUT2D eigenvalue weighted by Gasteiger charge is 2.25. The van der Waals surface area contributed by atoms with E-state index < -0.39 is 0 Å². The Labute approximate surface area is 99.0 Å². The van der Waals surface area contributed by atoms with Gasteiger partial charge in [0.1, 0.15) is 0 Å². The van der Waals surface area contributed by atoms with Gasteiger partial charge in [0.25, 0.3) is 0 Å². The molecule has 1 heterocycles. The maximum atomic E-state index is 9.02. The molecule has 1 aliphatic carbocycles. The van der Waals surface area contributed by atoms with E-state index in [2.05, 4.69) is 22.8 Å². The highest BCUT2D eigenvalue weighted by atomic mass is 15.3. The molecule has 2 aliphatic rings. The molecule has 1 aliphatic heterocycles. The average Bonchev–Trinajstić information content (AvgIpc) is 3.13. The molecule has 1 atom stereocenters. The van der Waals surface area contributed by atoms with Gasteiger partial charge in [-0.15, -0.1) is 0 Å². The molecule has 0 bridgehead atoms. The van der Waals surface area contributed by atoms with Crippen LogP contribution in [-0.2, 0) is 0 Å². The molecule has 90 valence electrons. The highest BCUT2D eigenvalue weighted by Crippen LogP contribution is 2.32. The average molecular weight is 221 g/mol. The summed E-state index contributed by atoms with van der Waals surface area (Å²) in [7, 11) is 0. The Morgan fingerprint density at radius 2 is 1.94 bits per heavy atom. The molecule has 0 radical (unpaired) electrons. The summed E-state index contributed by atoms with van der Waals surface area (Å²) in [6.07, 6.45) is 5.28. The molecule has 0 aromatic rings. The minimum atomic E-state index is 0.144. The Morgan fingerprint density at radius 3 is 2.44 bits per heavy atom. The normalized spacial score (nSPS) is 25.2. The first-order chi connectivity index (χ1) is 7.83. The van der Waals surface area contributed by atoms with Crippen LogP contribution in [0.4, 0.5) is 0 Å². The van der Waals surface area contributed by atoms with Crippen molar-refractivity contribution < 1.29 is 0 Å². The summed E-state index contributed by atoms with van der Waals surface area (Å²) in [6.45, 7) is 7.86. The van der Waals surface area contributed by atoms with E-state index in [4.69, 9.17) is 5.26 Å². The molecular formula is C13H23N3. The molecule has 1 unspecified atom stereocenters. The maximum Gasteiger partial charge on any atom is 0.0976 e. The van der Waals surface area contributed by atoms with E-state index in [1.54, 1.807) is 0 Å². The van der Waals surface area contributed by atoms with E-state index >= 15 is 0 Å². The fourth-order valence-electron chi connectivity index (χ4n) is 2.50. The number of nitrogens with zero attached hydrogens (tertiary/aromatic N) is 3. The lowest BCUT2D eigenvalue weighted by Gasteiger charge is -2.36. The van der Waals surface area contributed by atoms with Gasteiger partial charge in [-0.05, 0) is 25.3 Å². The van der Waals surface area contributed by atoms with Gasteiger partial charge in [-0.1, -0.05) is 19.8 Å². The predicted octanol–water partition coefficient (Wildman–Crippen LogP) is 1.71. The van der Waals surface area contributed by atoms with Crippen molar-refractivity contribution in [2.75, 3.05) is 32.7 Å². The Hall–Kier alpha value is -0.590. The van der Waals surface area contributed by atoms with E-state index in [-0.39, 0.29) is 6.04 Å². The molecule has 1 saturated heterocycles. The third kappa shape index (κ3) is 3.20. The second kappa shape index (κ2) is 5.65. The Bertz CT molecular complexity index is 246. The summed E-state index contributed by atoms with van der Waals surface area (Å²) in [5.74, 6) is 1.04. The standard InChI is InChI=1S/C13H23N3/c1-2-13(11-14)16-9-7-15(8-10-16)6-5-12-3-4-12/h12-13H,2-10H2,1H3. The van der Waals surface area contributed by atoms with Crippen molar-refractivity contribution in [2.24, 2.45) is 5.92 Å². The van der Waals surface area contributed by atoms with Gasteiger partial charge in [0.05, 0.1) is 12.1 Å². The van der Waals surface area contributed by atoms with Gasteiger partial charge >= 0.3 is 0 Å². The van der Waals surface area contributed by atoms with Gasteiger partial charge in [0.15, 0.2) is 0 Å². The zero-order valence-corrected chi connectivity index (χ0v) is 10.4. The van der Waals surface area contributed by atoms with E-state index in [9.17, 15) is 0 Å². The van der Waals surface area contributed by atoms with Gasteiger partial charge < -0.3 is 4.90 Å². The van der Waals surface area contributed by atoms with Gasteiger partial charge in [-0.3, -0.25) is 4.90 Å². The van der Waals surface area contributed by atoms with Crippen LogP contribution in [0.1, 0.15) is 32.6 Å². The summed E-state index contributed by atoms with van der Waals surface area (Å²) in [4.78, 5) is 4.91. The monoisotopic (exact) mass is 221 g/mol. The van der Waals surface area contributed by atoms with Crippen molar-refractivity contribution in [1.82, 2.24) is 9.80 Å². The summed E-state index contributed by atoms with van der Waals surface area (Å²) in [5.41, 5.74) is 0. The van der Waals surface area contributed by atoms with Gasteiger partial charge in [0.2, 0.25) is 0 Å². The van der Waals surface area contributed by atoms with Crippen LogP contribution in [0.25, 0.3) is 0 Å². The maximum absolute atomic E-state index is 9.02. The highest BCUT2D eigenvalue weighted by molar-refractivity contribution is 4.92. The van der Waals surface area contributed by atoms with Crippen LogP contribution in [0.15, 0.2) is 0 Å². The molecule has 0 aromatic heterocycles. The van der Waals surface area contributed by atoms with E-state index in [1.165, 1.54) is 25.8 Å². The van der Waals surface area contributed by atoms with Crippen LogP contribution >= 0.6 is 0 Å². The molecule has 2 fully saturated rings. The summed E-state index contributed by atoms with van der Waals surface area (Å²) >= 11 is 0. The van der Waals surface area contributed by atoms with Crippen LogP contribution in [0.3, 0.4) is 0 Å². The molecule has 0 N–H and O–H groups in total. The smallest absolute Gasteiger partial charge is 0.0976 e. The first-order valence-electron chi connectivity index (χ1n) is 6.69. The van der Waals surface area contributed by atoms with Crippen LogP contribution in [0, 0.1) is 17.2 Å². The molecule has 1 saturated carbocycles. The number of hydrogen-bond donors (Lipinski definition) is 0. The lowest BCUT2D eigenvalue weighted by molar-refractivity contribution is 0.111. The lowest BCUT2D eigenvalue weighted by Crippen LogP contribution is -2.50. The largest absolute Gasteiger partial charge is 0.301 e. The molecule has 0 spiro atoms. The summed E-state index contributed by atoms with van der Waals surface area (Å²) < 4.78 is 0. The third-order valence-electron chi connectivity index (χ3n) is 3.93.